The van der Waals surface area contributed by atoms with Crippen LogP contribution >= 0.6 is 0 Å². The Hall–Kier alpha value is -1.14. The van der Waals surface area contributed by atoms with Gasteiger partial charge in [0.15, 0.2) is 0 Å². The highest BCUT2D eigenvalue weighted by molar-refractivity contribution is 5.94. The van der Waals surface area contributed by atoms with Gasteiger partial charge in [-0.05, 0) is 14.0 Å². The van der Waals surface area contributed by atoms with Crippen LogP contribution < -0.4 is 10.6 Å². The van der Waals surface area contributed by atoms with E-state index in [0.717, 1.165) is 0 Å². The van der Waals surface area contributed by atoms with Crippen molar-refractivity contribution in [1.82, 2.24) is 15.5 Å². The minimum Gasteiger partial charge on any atom is -0.392 e. The van der Waals surface area contributed by atoms with Crippen molar-refractivity contribution in [2.75, 3.05) is 27.2 Å². The molecule has 0 aromatic heterocycles. The molecule has 3 amide bonds. The summed E-state index contributed by atoms with van der Waals surface area (Å²) in [5.41, 5.74) is 0. The number of nitrogens with zero attached hydrogens (tertiary/aromatic N) is 1. The van der Waals surface area contributed by atoms with Crippen LogP contribution in [0, 0.1) is 0 Å². The molecule has 0 aromatic rings. The number of aliphatic hydroxyl groups is 1. The van der Waals surface area contributed by atoms with Crippen molar-refractivity contribution in [1.29, 1.82) is 0 Å². The van der Waals surface area contributed by atoms with Gasteiger partial charge in [-0.25, -0.2) is 4.79 Å². The first kappa shape index (κ1) is 13.9. The fourth-order valence-electron chi connectivity index (χ4n) is 1.09. The molecule has 1 atom stereocenters. The lowest BCUT2D eigenvalue weighted by atomic mass is 10.3. The van der Waals surface area contributed by atoms with Crippen molar-refractivity contribution in [2.24, 2.45) is 0 Å². The van der Waals surface area contributed by atoms with Crippen LogP contribution in [-0.2, 0) is 4.79 Å². The van der Waals surface area contributed by atoms with Gasteiger partial charge in [0.2, 0.25) is 5.91 Å². The maximum absolute atomic E-state index is 11.1. The Morgan fingerprint density at radius 1 is 1.47 bits per heavy atom. The van der Waals surface area contributed by atoms with Crippen molar-refractivity contribution in [2.45, 2.75) is 19.4 Å². The van der Waals surface area contributed by atoms with Gasteiger partial charge < -0.3 is 15.3 Å². The summed E-state index contributed by atoms with van der Waals surface area (Å²) < 4.78 is 0. The monoisotopic (exact) mass is 217 g/mol. The highest BCUT2D eigenvalue weighted by atomic mass is 16.3. The van der Waals surface area contributed by atoms with Crippen LogP contribution in [0.15, 0.2) is 0 Å². The molecule has 0 saturated carbocycles. The molecule has 0 aliphatic carbocycles. The number of nitrogens with one attached hydrogen (secondary N) is 2. The fourth-order valence-corrected chi connectivity index (χ4v) is 1.09. The van der Waals surface area contributed by atoms with Gasteiger partial charge in [0.25, 0.3) is 0 Å². The van der Waals surface area contributed by atoms with E-state index in [1.165, 1.54) is 7.05 Å². The van der Waals surface area contributed by atoms with Gasteiger partial charge in [0.1, 0.15) is 0 Å². The van der Waals surface area contributed by atoms with Crippen molar-refractivity contribution in [3.63, 3.8) is 0 Å². The lowest BCUT2D eigenvalue weighted by molar-refractivity contribution is -0.120. The van der Waals surface area contributed by atoms with E-state index < -0.39 is 12.1 Å². The number of rotatable bonds is 5. The summed E-state index contributed by atoms with van der Waals surface area (Å²) in [6.07, 6.45) is -0.187. The lowest BCUT2D eigenvalue weighted by Gasteiger charge is -2.17. The summed E-state index contributed by atoms with van der Waals surface area (Å²) >= 11 is 0. The van der Waals surface area contributed by atoms with Crippen molar-refractivity contribution in [3.8, 4) is 0 Å². The van der Waals surface area contributed by atoms with E-state index in [1.54, 1.807) is 14.0 Å². The second kappa shape index (κ2) is 7.19. The summed E-state index contributed by atoms with van der Waals surface area (Å²) in [6.45, 7) is 2.70. The molecule has 0 aliphatic rings. The SMILES string of the molecule is CNC(=O)NC(=O)CCN(C)CC(C)O. The molecule has 0 heterocycles. The van der Waals surface area contributed by atoms with Gasteiger partial charge in [-0.15, -0.1) is 0 Å². The molecule has 6 heteroatoms. The number of urea groups is 1. The number of likely N-dealkylation sites (N-methyl/N-ethyl adjacent to an activating group) is 1. The van der Waals surface area contributed by atoms with Crippen LogP contribution in [0.1, 0.15) is 13.3 Å². The summed E-state index contributed by atoms with van der Waals surface area (Å²) in [7, 11) is 3.25. The van der Waals surface area contributed by atoms with Crippen LogP contribution in [-0.4, -0.2) is 55.2 Å². The van der Waals surface area contributed by atoms with Gasteiger partial charge in [0, 0.05) is 26.6 Å². The van der Waals surface area contributed by atoms with Crippen molar-refractivity contribution < 1.29 is 14.7 Å². The minimum atomic E-state index is -0.502. The quantitative estimate of drug-likeness (QED) is 0.560. The zero-order valence-electron chi connectivity index (χ0n) is 9.41. The lowest BCUT2D eigenvalue weighted by Crippen LogP contribution is -2.39. The Labute approximate surface area is 89.6 Å². The summed E-state index contributed by atoms with van der Waals surface area (Å²) in [4.78, 5) is 23.7. The van der Waals surface area contributed by atoms with Gasteiger partial charge in [-0.3, -0.25) is 10.1 Å². The van der Waals surface area contributed by atoms with E-state index in [-0.39, 0.29) is 12.3 Å². The smallest absolute Gasteiger partial charge is 0.321 e. The first-order valence-corrected chi connectivity index (χ1v) is 4.84. The third kappa shape index (κ3) is 7.90. The summed E-state index contributed by atoms with van der Waals surface area (Å²) in [6, 6.07) is -0.502. The molecule has 0 aromatic carbocycles. The normalized spacial score (nSPS) is 12.3. The van der Waals surface area contributed by atoms with Gasteiger partial charge in [0.05, 0.1) is 6.10 Å². The molecule has 0 fully saturated rings. The maximum atomic E-state index is 11.1. The molecular weight excluding hydrogens is 198 g/mol. The second-order valence-electron chi connectivity index (χ2n) is 3.49. The molecule has 3 N–H and O–H groups in total. The number of imide groups is 1. The first-order valence-electron chi connectivity index (χ1n) is 4.84. The highest BCUT2D eigenvalue weighted by Crippen LogP contribution is 1.90. The predicted octanol–water partition coefficient (Wildman–Crippen LogP) is -0.855. The molecule has 15 heavy (non-hydrogen) atoms. The Morgan fingerprint density at radius 3 is 2.53 bits per heavy atom. The van der Waals surface area contributed by atoms with Crippen LogP contribution in [0.3, 0.4) is 0 Å². The molecule has 0 bridgehead atoms. The third-order valence-electron chi connectivity index (χ3n) is 1.78. The van der Waals surface area contributed by atoms with E-state index in [0.29, 0.717) is 13.1 Å². The Bertz CT molecular complexity index is 219. The molecule has 0 spiro atoms. The largest absolute Gasteiger partial charge is 0.392 e. The molecule has 0 radical (unpaired) electrons. The molecule has 1 unspecified atom stereocenters. The Balaban J connectivity index is 3.66. The average molecular weight is 217 g/mol. The van der Waals surface area contributed by atoms with E-state index >= 15 is 0 Å². The Morgan fingerprint density at radius 2 is 2.07 bits per heavy atom. The molecule has 0 rings (SSSR count). The van der Waals surface area contributed by atoms with Crippen molar-refractivity contribution >= 4 is 11.9 Å². The number of hydrogen-bond acceptors (Lipinski definition) is 4. The Kier molecular flexibility index (Phi) is 6.64. The van der Waals surface area contributed by atoms with Crippen LogP contribution in [0.25, 0.3) is 0 Å². The van der Waals surface area contributed by atoms with Gasteiger partial charge in [-0.1, -0.05) is 0 Å². The van der Waals surface area contributed by atoms with E-state index in [4.69, 9.17) is 5.11 Å². The minimum absolute atomic E-state index is 0.233. The summed E-state index contributed by atoms with van der Waals surface area (Å²) in [5.74, 6) is -0.327. The fraction of sp³-hybridized carbons (Fsp3) is 0.778. The molecule has 0 saturated heterocycles. The predicted molar refractivity (Wildman–Crippen MR) is 56.4 cm³/mol. The zero-order valence-corrected chi connectivity index (χ0v) is 9.41. The van der Waals surface area contributed by atoms with E-state index in [1.807, 2.05) is 4.90 Å². The van der Waals surface area contributed by atoms with Gasteiger partial charge in [-0.2, -0.15) is 0 Å². The first-order chi connectivity index (χ1) is 6.95. The number of aliphatic hydroxyl groups excluding tert-OH is 1. The topological polar surface area (TPSA) is 81.7 Å². The number of amides is 3. The number of carbonyl (C=O) groups excluding carboxylic acids is 2. The van der Waals surface area contributed by atoms with Crippen LogP contribution in [0.2, 0.25) is 0 Å². The maximum Gasteiger partial charge on any atom is 0.321 e. The second-order valence-corrected chi connectivity index (χ2v) is 3.49. The molecular formula is C9H19N3O3. The van der Waals surface area contributed by atoms with Crippen LogP contribution in [0.4, 0.5) is 4.79 Å². The van der Waals surface area contributed by atoms with E-state index in [9.17, 15) is 9.59 Å². The van der Waals surface area contributed by atoms with Gasteiger partial charge >= 0.3 is 6.03 Å². The third-order valence-corrected chi connectivity index (χ3v) is 1.78. The highest BCUT2D eigenvalue weighted by Gasteiger charge is 2.08. The van der Waals surface area contributed by atoms with E-state index in [2.05, 4.69) is 10.6 Å². The average Bonchev–Trinajstić information content (AvgIpc) is 2.13. The number of hydrogen-bond donors (Lipinski definition) is 3. The summed E-state index contributed by atoms with van der Waals surface area (Å²) in [5, 5.41) is 13.5. The van der Waals surface area contributed by atoms with Crippen LogP contribution in [0.5, 0.6) is 0 Å². The standard InChI is InChI=1S/C9H19N3O3/c1-7(13)6-12(3)5-4-8(14)11-9(15)10-2/h7,13H,4-6H2,1-3H3,(H2,10,11,14,15). The van der Waals surface area contributed by atoms with Crippen molar-refractivity contribution in [3.05, 3.63) is 0 Å². The zero-order chi connectivity index (χ0) is 11.8. The number of carbonyl (C=O) groups is 2. The molecule has 0 aliphatic heterocycles. The molecule has 6 nitrogen and oxygen atoms in total. The molecule has 88 valence electrons.